The first-order valence-electron chi connectivity index (χ1n) is 5.54. The Hall–Kier alpha value is -0.140. The Morgan fingerprint density at radius 3 is 1.86 bits per heavy atom. The molecule has 0 atom stereocenters. The van der Waals surface area contributed by atoms with Crippen LogP contribution in [0.2, 0.25) is 0 Å². The Labute approximate surface area is 87.1 Å². The Morgan fingerprint density at radius 2 is 1.36 bits per heavy atom. The molecule has 0 amide bonds. The van der Waals surface area contributed by atoms with Crippen LogP contribution in [0.5, 0.6) is 0 Å². The molecule has 0 rings (SSSR count). The Balaban J connectivity index is 2.92. The van der Waals surface area contributed by atoms with Crippen molar-refractivity contribution in [3.05, 3.63) is 0 Å². The topological polar surface area (TPSA) is 43.4 Å². The average Bonchev–Trinajstić information content (AvgIpc) is 2.15. The molecule has 3 nitrogen and oxygen atoms in total. The first kappa shape index (κ1) is 13.9. The maximum atomic E-state index is 10.0. The van der Waals surface area contributed by atoms with Gasteiger partial charge in [-0.1, -0.05) is 51.9 Å². The fraction of sp³-hybridized carbons (Fsp3) is 1.00. The van der Waals surface area contributed by atoms with Gasteiger partial charge in [0.25, 0.3) is 0 Å². The minimum atomic E-state index is -2.63. The van der Waals surface area contributed by atoms with Crippen molar-refractivity contribution in [1.82, 2.24) is 0 Å². The van der Waals surface area contributed by atoms with E-state index in [2.05, 4.69) is 11.4 Å². The molecule has 0 aromatic carbocycles. The van der Waals surface area contributed by atoms with E-state index in [0.29, 0.717) is 6.61 Å². The minimum absolute atomic E-state index is 0.355. The molecule has 0 aromatic rings. The molecule has 14 heavy (non-hydrogen) atoms. The van der Waals surface area contributed by atoms with Crippen LogP contribution in [-0.2, 0) is 13.7 Å². The summed E-state index contributed by atoms with van der Waals surface area (Å²) in [7, 11) is -2.63. The molecule has 0 bridgehead atoms. The standard InChI is InChI=1S/C10H21O3P/c1-2-3-4-5-6-7-8-9-10-13-14(11)12/h2-10H2,1H3. The molecule has 0 N–H and O–H groups in total. The van der Waals surface area contributed by atoms with E-state index in [-0.39, 0.29) is 0 Å². The molecule has 0 aliphatic rings. The lowest BCUT2D eigenvalue weighted by Gasteiger charge is -1.99. The van der Waals surface area contributed by atoms with E-state index in [1.54, 1.807) is 0 Å². The van der Waals surface area contributed by atoms with E-state index in [1.807, 2.05) is 0 Å². The third-order valence-corrected chi connectivity index (χ3v) is 2.59. The van der Waals surface area contributed by atoms with Gasteiger partial charge in [0.1, 0.15) is 0 Å². The highest BCUT2D eigenvalue weighted by atomic mass is 31.1. The first-order chi connectivity index (χ1) is 6.77. The lowest BCUT2D eigenvalue weighted by molar-refractivity contribution is 0.294. The summed E-state index contributed by atoms with van der Waals surface area (Å²) in [5.74, 6) is 0. The average molecular weight is 220 g/mol. The Morgan fingerprint density at radius 1 is 0.857 bits per heavy atom. The van der Waals surface area contributed by atoms with Crippen molar-refractivity contribution >= 4 is 7.91 Å². The quantitative estimate of drug-likeness (QED) is 0.408. The van der Waals surface area contributed by atoms with Crippen molar-refractivity contribution in [3.63, 3.8) is 0 Å². The van der Waals surface area contributed by atoms with Crippen LogP contribution >= 0.6 is 7.91 Å². The predicted octanol–water partition coefficient (Wildman–Crippen LogP) is 4.23. The largest absolute Gasteiger partial charge is 0.468 e. The van der Waals surface area contributed by atoms with Crippen LogP contribution in [0.25, 0.3) is 0 Å². The summed E-state index contributed by atoms with van der Waals surface area (Å²) in [6.45, 7) is 2.56. The predicted molar refractivity (Wildman–Crippen MR) is 56.9 cm³/mol. The summed E-state index contributed by atoms with van der Waals surface area (Å²) in [5, 5.41) is 0. The molecule has 0 heterocycles. The molecule has 0 spiro atoms. The van der Waals surface area contributed by atoms with Gasteiger partial charge in [0.05, 0.1) is 6.61 Å². The van der Waals surface area contributed by atoms with Gasteiger partial charge in [0, 0.05) is 0 Å². The fourth-order valence-corrected chi connectivity index (χ4v) is 1.65. The molecule has 0 aliphatic heterocycles. The second-order valence-corrected chi connectivity index (χ2v) is 4.24. The van der Waals surface area contributed by atoms with Crippen molar-refractivity contribution in [2.75, 3.05) is 6.61 Å². The van der Waals surface area contributed by atoms with Crippen LogP contribution in [0.15, 0.2) is 0 Å². The number of hydrogen-bond acceptors (Lipinski definition) is 3. The van der Waals surface area contributed by atoms with E-state index in [0.717, 1.165) is 12.8 Å². The molecular formula is C10H21O3P. The van der Waals surface area contributed by atoms with Crippen molar-refractivity contribution in [1.29, 1.82) is 0 Å². The highest BCUT2D eigenvalue weighted by molar-refractivity contribution is 7.24. The summed E-state index contributed by atoms with van der Waals surface area (Å²) in [6.07, 6.45) is 9.66. The van der Waals surface area contributed by atoms with E-state index in [9.17, 15) is 9.13 Å². The zero-order valence-corrected chi connectivity index (χ0v) is 9.93. The summed E-state index contributed by atoms with van der Waals surface area (Å²) in [4.78, 5) is 0. The van der Waals surface area contributed by atoms with Crippen LogP contribution in [0.4, 0.5) is 0 Å². The zero-order chi connectivity index (χ0) is 10.6. The molecule has 0 saturated carbocycles. The van der Waals surface area contributed by atoms with Gasteiger partial charge in [-0.15, -0.1) is 0 Å². The zero-order valence-electron chi connectivity index (χ0n) is 9.04. The van der Waals surface area contributed by atoms with Gasteiger partial charge in [0.15, 0.2) is 0 Å². The smallest absolute Gasteiger partial charge is 0.271 e. The van der Waals surface area contributed by atoms with E-state index < -0.39 is 7.91 Å². The van der Waals surface area contributed by atoms with Crippen molar-refractivity contribution in [2.45, 2.75) is 58.3 Å². The molecule has 0 aromatic heterocycles. The van der Waals surface area contributed by atoms with Gasteiger partial charge in [-0.2, -0.15) is 0 Å². The van der Waals surface area contributed by atoms with Crippen LogP contribution in [-0.4, -0.2) is 6.61 Å². The van der Waals surface area contributed by atoms with Crippen LogP contribution < -0.4 is 0 Å². The van der Waals surface area contributed by atoms with Gasteiger partial charge in [-0.3, -0.25) is 4.52 Å². The van der Waals surface area contributed by atoms with Crippen molar-refractivity contribution in [2.24, 2.45) is 0 Å². The molecule has 0 unspecified atom stereocenters. The van der Waals surface area contributed by atoms with Gasteiger partial charge >= 0.3 is 7.91 Å². The van der Waals surface area contributed by atoms with E-state index in [4.69, 9.17) is 0 Å². The molecule has 0 radical (unpaired) electrons. The lowest BCUT2D eigenvalue weighted by Crippen LogP contribution is -1.86. The van der Waals surface area contributed by atoms with Crippen LogP contribution in [0.3, 0.4) is 0 Å². The third kappa shape index (κ3) is 11.9. The maximum Gasteiger partial charge on any atom is 0.468 e. The molecule has 4 heteroatoms. The lowest BCUT2D eigenvalue weighted by atomic mass is 10.1. The van der Waals surface area contributed by atoms with Crippen molar-refractivity contribution < 1.29 is 13.7 Å². The number of rotatable bonds is 10. The second-order valence-electron chi connectivity index (χ2n) is 3.53. The minimum Gasteiger partial charge on any atom is -0.271 e. The molecule has 0 fully saturated rings. The van der Waals surface area contributed by atoms with Gasteiger partial charge in [-0.05, 0) is 6.42 Å². The Kier molecular flexibility index (Phi) is 10.8. The third-order valence-electron chi connectivity index (χ3n) is 2.19. The summed E-state index contributed by atoms with van der Waals surface area (Å²) in [6, 6.07) is 0. The summed E-state index contributed by atoms with van der Waals surface area (Å²) in [5.41, 5.74) is 0. The van der Waals surface area contributed by atoms with Crippen LogP contribution in [0, 0.1) is 0 Å². The number of hydrogen-bond donors (Lipinski definition) is 0. The van der Waals surface area contributed by atoms with E-state index >= 15 is 0 Å². The summed E-state index contributed by atoms with van der Waals surface area (Å²) >= 11 is 0. The monoisotopic (exact) mass is 220 g/mol. The highest BCUT2D eigenvalue weighted by Gasteiger charge is 1.93. The maximum absolute atomic E-state index is 10.0. The normalized spacial score (nSPS) is 10.4. The molecule has 0 aliphatic carbocycles. The Bertz CT molecular complexity index is 170. The van der Waals surface area contributed by atoms with Gasteiger partial charge in [0.2, 0.25) is 0 Å². The van der Waals surface area contributed by atoms with E-state index in [1.165, 1.54) is 38.5 Å². The molecule has 84 valence electrons. The van der Waals surface area contributed by atoms with Gasteiger partial charge in [-0.25, -0.2) is 9.13 Å². The SMILES string of the molecule is CCCCCCCCCCOP(=O)=O. The first-order valence-corrected chi connectivity index (χ1v) is 6.64. The summed E-state index contributed by atoms with van der Waals surface area (Å²) < 4.78 is 24.5. The fourth-order valence-electron chi connectivity index (χ4n) is 1.38. The van der Waals surface area contributed by atoms with Gasteiger partial charge < -0.3 is 0 Å². The molecular weight excluding hydrogens is 199 g/mol. The number of unbranched alkanes of at least 4 members (excludes halogenated alkanes) is 7. The second kappa shape index (κ2) is 10.9. The van der Waals surface area contributed by atoms with Crippen LogP contribution in [0.1, 0.15) is 58.3 Å². The highest BCUT2D eigenvalue weighted by Crippen LogP contribution is 2.10. The van der Waals surface area contributed by atoms with Crippen molar-refractivity contribution in [3.8, 4) is 0 Å². The molecule has 0 saturated heterocycles.